The molecule has 1 aromatic carbocycles. The van der Waals surface area contributed by atoms with Crippen LogP contribution in [0.2, 0.25) is 0 Å². The van der Waals surface area contributed by atoms with Crippen molar-refractivity contribution in [1.29, 1.82) is 0 Å². The Balaban J connectivity index is 1.51. The van der Waals surface area contributed by atoms with Gasteiger partial charge in [-0.1, -0.05) is 0 Å². The van der Waals surface area contributed by atoms with Crippen molar-refractivity contribution in [2.24, 2.45) is 0 Å². The molecule has 1 aliphatic carbocycles. The predicted molar refractivity (Wildman–Crippen MR) is 97.1 cm³/mol. The summed E-state index contributed by atoms with van der Waals surface area (Å²) in [7, 11) is 0. The Labute approximate surface area is 150 Å². The van der Waals surface area contributed by atoms with Gasteiger partial charge < -0.3 is 9.64 Å². The first kappa shape index (κ1) is 15.5. The molecule has 0 unspecified atom stereocenters. The average molecular weight is 353 g/mol. The first-order valence-corrected chi connectivity index (χ1v) is 8.98. The standard InChI is InChI=1S/C19H20FN5O/c1-19(5-6-19)26-13-2-3-15-14(8-13)18(24-23-15)16-9-17(22-11-21-16)25-7-4-12(20)10-25/h2-3,8-9,11-12H,4-7,10H2,1H3,(H,23,24)/t12-/m1/s1. The first-order valence-electron chi connectivity index (χ1n) is 8.98. The number of halogens is 1. The van der Waals surface area contributed by atoms with E-state index in [-0.39, 0.29) is 5.60 Å². The summed E-state index contributed by atoms with van der Waals surface area (Å²) in [4.78, 5) is 10.6. The van der Waals surface area contributed by atoms with Gasteiger partial charge in [0.25, 0.3) is 0 Å². The van der Waals surface area contributed by atoms with Crippen LogP contribution in [-0.2, 0) is 0 Å². The lowest BCUT2D eigenvalue weighted by Crippen LogP contribution is -2.21. The van der Waals surface area contributed by atoms with Gasteiger partial charge in [-0.2, -0.15) is 5.10 Å². The van der Waals surface area contributed by atoms with E-state index in [4.69, 9.17) is 4.74 Å². The highest BCUT2D eigenvalue weighted by atomic mass is 19.1. The average Bonchev–Trinajstić information content (AvgIpc) is 3.05. The number of alkyl halides is 1. The molecule has 0 spiro atoms. The van der Waals surface area contributed by atoms with Gasteiger partial charge in [-0.25, -0.2) is 14.4 Å². The Hall–Kier alpha value is -2.70. The topological polar surface area (TPSA) is 66.9 Å². The number of benzene rings is 1. The minimum atomic E-state index is -0.789. The highest BCUT2D eigenvalue weighted by Crippen LogP contribution is 2.40. The number of rotatable bonds is 4. The molecule has 1 aliphatic heterocycles. The second kappa shape index (κ2) is 5.65. The summed E-state index contributed by atoms with van der Waals surface area (Å²) in [6, 6.07) is 7.82. The highest BCUT2D eigenvalue weighted by molar-refractivity contribution is 5.93. The molecule has 1 saturated carbocycles. The van der Waals surface area contributed by atoms with Gasteiger partial charge in [-0.15, -0.1) is 0 Å². The lowest BCUT2D eigenvalue weighted by atomic mass is 10.1. The van der Waals surface area contributed by atoms with Crippen LogP contribution >= 0.6 is 0 Å². The maximum atomic E-state index is 13.5. The Morgan fingerprint density at radius 2 is 2.15 bits per heavy atom. The fourth-order valence-corrected chi connectivity index (χ4v) is 3.39. The number of ether oxygens (including phenoxy) is 1. The van der Waals surface area contributed by atoms with E-state index < -0.39 is 6.17 Å². The normalized spacial score (nSPS) is 21.3. The van der Waals surface area contributed by atoms with E-state index >= 15 is 0 Å². The van der Waals surface area contributed by atoms with Crippen molar-refractivity contribution in [3.8, 4) is 17.1 Å². The van der Waals surface area contributed by atoms with Gasteiger partial charge >= 0.3 is 0 Å². The van der Waals surface area contributed by atoms with E-state index in [0.29, 0.717) is 19.5 Å². The summed E-state index contributed by atoms with van der Waals surface area (Å²) in [6.45, 7) is 3.18. The molecule has 1 saturated heterocycles. The minimum Gasteiger partial charge on any atom is -0.488 e. The number of aromatic nitrogens is 4. The number of hydrogen-bond donors (Lipinski definition) is 1. The number of hydrogen-bond acceptors (Lipinski definition) is 5. The van der Waals surface area contributed by atoms with E-state index in [0.717, 1.165) is 46.7 Å². The molecule has 0 bridgehead atoms. The van der Waals surface area contributed by atoms with Crippen LogP contribution in [-0.4, -0.2) is 45.0 Å². The summed E-state index contributed by atoms with van der Waals surface area (Å²) in [5.74, 6) is 1.58. The molecule has 6 nitrogen and oxygen atoms in total. The molecule has 134 valence electrons. The Morgan fingerprint density at radius 3 is 2.92 bits per heavy atom. The van der Waals surface area contributed by atoms with Crippen LogP contribution in [0, 0.1) is 0 Å². The van der Waals surface area contributed by atoms with E-state index in [9.17, 15) is 4.39 Å². The van der Waals surface area contributed by atoms with E-state index in [1.807, 2.05) is 29.2 Å². The third kappa shape index (κ3) is 2.77. The fraction of sp³-hybridized carbons (Fsp3) is 0.421. The van der Waals surface area contributed by atoms with Crippen LogP contribution in [0.15, 0.2) is 30.6 Å². The van der Waals surface area contributed by atoms with Crippen LogP contribution in [0.1, 0.15) is 26.2 Å². The first-order chi connectivity index (χ1) is 12.6. The zero-order chi connectivity index (χ0) is 17.7. The van der Waals surface area contributed by atoms with Gasteiger partial charge in [0, 0.05) is 18.0 Å². The van der Waals surface area contributed by atoms with Crippen LogP contribution < -0.4 is 9.64 Å². The molecule has 2 aromatic heterocycles. The highest BCUT2D eigenvalue weighted by Gasteiger charge is 2.40. The van der Waals surface area contributed by atoms with Crippen LogP contribution in [0.3, 0.4) is 0 Å². The second-order valence-electron chi connectivity index (χ2n) is 7.42. The van der Waals surface area contributed by atoms with Crippen molar-refractivity contribution in [2.45, 2.75) is 38.0 Å². The van der Waals surface area contributed by atoms with Gasteiger partial charge in [0.15, 0.2) is 0 Å². The lowest BCUT2D eigenvalue weighted by Gasteiger charge is -2.16. The number of aromatic amines is 1. The molecule has 0 amide bonds. The number of anilines is 1. The van der Waals surface area contributed by atoms with E-state index in [1.54, 1.807) is 0 Å². The van der Waals surface area contributed by atoms with Gasteiger partial charge in [0.2, 0.25) is 0 Å². The van der Waals surface area contributed by atoms with Crippen LogP contribution in [0.5, 0.6) is 5.75 Å². The van der Waals surface area contributed by atoms with Crippen molar-refractivity contribution in [2.75, 3.05) is 18.0 Å². The molecule has 1 N–H and O–H groups in total. The summed E-state index contributed by atoms with van der Waals surface area (Å²) in [5.41, 5.74) is 2.38. The van der Waals surface area contributed by atoms with Crippen molar-refractivity contribution in [3.05, 3.63) is 30.6 Å². The molecular formula is C19H20FN5O. The van der Waals surface area contributed by atoms with Crippen molar-refractivity contribution < 1.29 is 9.13 Å². The SMILES string of the molecule is CC1(Oc2ccc3[nH]nc(-c4cc(N5CC[C@@H](F)C5)ncn4)c3c2)CC1. The monoisotopic (exact) mass is 353 g/mol. The van der Waals surface area contributed by atoms with Gasteiger partial charge in [0.05, 0.1) is 17.8 Å². The molecule has 26 heavy (non-hydrogen) atoms. The summed E-state index contributed by atoms with van der Waals surface area (Å²) < 4.78 is 19.6. The third-order valence-electron chi connectivity index (χ3n) is 5.20. The van der Waals surface area contributed by atoms with Gasteiger partial charge in [-0.3, -0.25) is 5.10 Å². The van der Waals surface area contributed by atoms with Crippen LogP contribution in [0.25, 0.3) is 22.3 Å². The summed E-state index contributed by atoms with van der Waals surface area (Å²) in [5, 5.41) is 8.45. The molecule has 2 aliphatic rings. The molecule has 5 rings (SSSR count). The third-order valence-corrected chi connectivity index (χ3v) is 5.20. The molecular weight excluding hydrogens is 333 g/mol. The molecule has 3 heterocycles. The van der Waals surface area contributed by atoms with Crippen LogP contribution in [0.4, 0.5) is 10.2 Å². The number of nitrogens with one attached hydrogen (secondary N) is 1. The Morgan fingerprint density at radius 1 is 1.27 bits per heavy atom. The Kier molecular flexibility index (Phi) is 3.38. The Bertz CT molecular complexity index is 967. The predicted octanol–water partition coefficient (Wildman–Crippen LogP) is 3.50. The van der Waals surface area contributed by atoms with E-state index in [1.165, 1.54) is 6.33 Å². The summed E-state index contributed by atoms with van der Waals surface area (Å²) >= 11 is 0. The number of fused-ring (bicyclic) bond motifs is 1. The molecule has 3 aromatic rings. The van der Waals surface area contributed by atoms with Crippen molar-refractivity contribution >= 4 is 16.7 Å². The molecule has 2 fully saturated rings. The summed E-state index contributed by atoms with van der Waals surface area (Å²) in [6.07, 6.45) is 3.45. The molecule has 7 heteroatoms. The van der Waals surface area contributed by atoms with Crippen molar-refractivity contribution in [3.63, 3.8) is 0 Å². The van der Waals surface area contributed by atoms with E-state index in [2.05, 4.69) is 27.1 Å². The quantitative estimate of drug-likeness (QED) is 0.778. The zero-order valence-electron chi connectivity index (χ0n) is 14.6. The smallest absolute Gasteiger partial charge is 0.132 e. The minimum absolute atomic E-state index is 0.0294. The maximum Gasteiger partial charge on any atom is 0.132 e. The van der Waals surface area contributed by atoms with Gasteiger partial charge in [0.1, 0.15) is 35.4 Å². The largest absolute Gasteiger partial charge is 0.488 e. The van der Waals surface area contributed by atoms with Crippen molar-refractivity contribution in [1.82, 2.24) is 20.2 Å². The fourth-order valence-electron chi connectivity index (χ4n) is 3.39. The molecule has 1 atom stereocenters. The number of nitrogens with zero attached hydrogens (tertiary/aromatic N) is 4. The number of H-pyrrole nitrogens is 1. The lowest BCUT2D eigenvalue weighted by molar-refractivity contribution is 0.200. The maximum absolute atomic E-state index is 13.5. The molecule has 0 radical (unpaired) electrons. The zero-order valence-corrected chi connectivity index (χ0v) is 14.6. The van der Waals surface area contributed by atoms with Gasteiger partial charge in [-0.05, 0) is 44.4 Å². The second-order valence-corrected chi connectivity index (χ2v) is 7.42.